The number of aromatic amines is 1. The Morgan fingerprint density at radius 3 is 2.14 bits per heavy atom. The highest BCUT2D eigenvalue weighted by atomic mass is 16.5. The molecule has 2 aliphatic rings. The molecule has 346 valence electrons. The minimum Gasteiger partial charge on any atom is -0.480 e. The molecule has 2 heterocycles. The molecule has 0 unspecified atom stereocenters. The van der Waals surface area contributed by atoms with Gasteiger partial charge in [0.1, 0.15) is 30.8 Å². The Morgan fingerprint density at radius 2 is 1.44 bits per heavy atom. The van der Waals surface area contributed by atoms with E-state index in [2.05, 4.69) is 38.4 Å². The van der Waals surface area contributed by atoms with Crippen molar-refractivity contribution < 1.29 is 38.6 Å². The molecule has 15 heteroatoms. The van der Waals surface area contributed by atoms with Crippen LogP contribution >= 0.6 is 0 Å². The number of aromatic nitrogens is 1. The topological polar surface area (TPSA) is 225 Å². The van der Waals surface area contributed by atoms with Crippen LogP contribution in [-0.2, 0) is 41.6 Å². The van der Waals surface area contributed by atoms with Crippen molar-refractivity contribution >= 4 is 46.6 Å². The summed E-state index contributed by atoms with van der Waals surface area (Å²) in [5.74, 6) is -3.95. The van der Waals surface area contributed by atoms with Crippen molar-refractivity contribution in [2.75, 3.05) is 19.7 Å². The van der Waals surface area contributed by atoms with Gasteiger partial charge in [0, 0.05) is 42.5 Å². The van der Waals surface area contributed by atoms with E-state index < -0.39 is 71.8 Å². The first kappa shape index (κ1) is 47.0. The number of carbonyl (C=O) groups is 6. The number of nitrogens with zero attached hydrogens (tertiary/aromatic N) is 1. The Bertz CT molecular complexity index is 2480. The van der Waals surface area contributed by atoms with E-state index in [4.69, 9.17) is 10.5 Å². The van der Waals surface area contributed by atoms with Gasteiger partial charge in [-0.2, -0.15) is 0 Å². The van der Waals surface area contributed by atoms with Crippen molar-refractivity contribution in [2.24, 2.45) is 11.7 Å². The maximum Gasteiger partial charge on any atom is 0.407 e. The summed E-state index contributed by atoms with van der Waals surface area (Å²) in [5, 5.41) is 21.9. The highest BCUT2D eigenvalue weighted by Crippen LogP contribution is 2.44. The summed E-state index contributed by atoms with van der Waals surface area (Å²) in [5.41, 5.74) is 13.4. The number of amides is 5. The molecular formula is C51H59N7O8. The maximum absolute atomic E-state index is 14.5. The quantitative estimate of drug-likeness (QED) is 0.0511. The van der Waals surface area contributed by atoms with Crippen molar-refractivity contribution in [2.45, 2.75) is 94.9 Å². The van der Waals surface area contributed by atoms with E-state index >= 15 is 0 Å². The lowest BCUT2D eigenvalue weighted by Crippen LogP contribution is -2.59. The Morgan fingerprint density at radius 1 is 0.788 bits per heavy atom. The van der Waals surface area contributed by atoms with Crippen molar-refractivity contribution in [1.29, 1.82) is 0 Å². The number of nitrogens with two attached hydrogens (primary N) is 1. The third-order valence-electron chi connectivity index (χ3n) is 12.6. The monoisotopic (exact) mass is 897 g/mol. The first-order chi connectivity index (χ1) is 31.9. The number of aliphatic carboxylic acids is 1. The number of para-hydroxylation sites is 1. The number of nitrogens with one attached hydrogen (secondary N) is 5. The molecule has 1 saturated heterocycles. The summed E-state index contributed by atoms with van der Waals surface area (Å²) < 4.78 is 5.70. The molecule has 0 saturated carbocycles. The molecule has 1 fully saturated rings. The molecule has 15 nitrogen and oxygen atoms in total. The average Bonchev–Trinajstić information content (AvgIpc) is 4.06. The highest BCUT2D eigenvalue weighted by molar-refractivity contribution is 5.96. The summed E-state index contributed by atoms with van der Waals surface area (Å²) in [6.07, 6.45) is 3.29. The molecule has 1 aliphatic heterocycles. The van der Waals surface area contributed by atoms with Crippen LogP contribution in [-0.4, -0.2) is 101 Å². The SMILES string of the molecule is CC(C)[C@H](NC(=O)[C@@H]1CCCN1C(=O)[C@H](CCCCNC(=O)OCC1c2ccccc2-c2ccccc21)NC(=O)[C@H](Cc1ccccc1)NC(=O)[C@@H](N)Cc1c[nH]c2ccccc12)C(=O)O. The molecule has 0 radical (unpaired) electrons. The normalized spacial score (nSPS) is 16.1. The summed E-state index contributed by atoms with van der Waals surface area (Å²) in [7, 11) is 0. The van der Waals surface area contributed by atoms with Crippen LogP contribution < -0.4 is 27.0 Å². The number of carboxylic acid groups (broad SMARTS) is 1. The fourth-order valence-corrected chi connectivity index (χ4v) is 9.08. The molecule has 4 aromatic carbocycles. The largest absolute Gasteiger partial charge is 0.480 e. The van der Waals surface area contributed by atoms with Gasteiger partial charge in [-0.3, -0.25) is 19.2 Å². The van der Waals surface area contributed by atoms with E-state index in [-0.39, 0.29) is 44.9 Å². The minimum atomic E-state index is -1.18. The van der Waals surface area contributed by atoms with E-state index in [9.17, 15) is 33.9 Å². The molecule has 7 rings (SSSR count). The van der Waals surface area contributed by atoms with Gasteiger partial charge < -0.3 is 46.7 Å². The number of carboxylic acids is 1. The number of ether oxygens (including phenoxy) is 1. The van der Waals surface area contributed by atoms with Gasteiger partial charge in [0.15, 0.2) is 0 Å². The number of hydrogen-bond donors (Lipinski definition) is 7. The molecule has 0 spiro atoms. The number of unbranched alkanes of at least 4 members (excludes halogenated alkanes) is 1. The number of H-pyrrole nitrogens is 1. The Balaban J connectivity index is 1.02. The molecule has 5 atom stereocenters. The van der Waals surface area contributed by atoms with E-state index in [1.807, 2.05) is 97.2 Å². The maximum atomic E-state index is 14.5. The van der Waals surface area contributed by atoms with Gasteiger partial charge in [-0.15, -0.1) is 0 Å². The molecule has 0 bridgehead atoms. The number of hydrogen-bond acceptors (Lipinski definition) is 8. The summed E-state index contributed by atoms with van der Waals surface area (Å²) >= 11 is 0. The zero-order chi connectivity index (χ0) is 46.7. The van der Waals surface area contributed by atoms with Gasteiger partial charge in [-0.1, -0.05) is 111 Å². The third-order valence-corrected chi connectivity index (χ3v) is 12.6. The van der Waals surface area contributed by atoms with Gasteiger partial charge in [-0.25, -0.2) is 9.59 Å². The van der Waals surface area contributed by atoms with Crippen LogP contribution in [0.2, 0.25) is 0 Å². The smallest absolute Gasteiger partial charge is 0.407 e. The van der Waals surface area contributed by atoms with Crippen LogP contribution in [0.25, 0.3) is 22.0 Å². The first-order valence-electron chi connectivity index (χ1n) is 22.8. The number of benzene rings is 4. The third kappa shape index (κ3) is 11.3. The Hall–Kier alpha value is -7.00. The van der Waals surface area contributed by atoms with E-state index in [0.717, 1.165) is 44.3 Å². The minimum absolute atomic E-state index is 0.0962. The highest BCUT2D eigenvalue weighted by Gasteiger charge is 2.40. The zero-order valence-electron chi connectivity index (χ0n) is 37.3. The molecule has 5 aromatic rings. The van der Waals surface area contributed by atoms with Gasteiger partial charge in [0.25, 0.3) is 0 Å². The molecule has 5 amide bonds. The molecular weight excluding hydrogens is 839 g/mol. The lowest BCUT2D eigenvalue weighted by atomic mass is 9.98. The molecule has 1 aromatic heterocycles. The number of alkyl carbamates (subject to hydrolysis) is 1. The fraction of sp³-hybridized carbons (Fsp3) is 0.373. The van der Waals surface area contributed by atoms with Gasteiger partial charge in [0.2, 0.25) is 23.6 Å². The number of carbonyl (C=O) groups excluding carboxylic acids is 5. The average molecular weight is 898 g/mol. The van der Waals surface area contributed by atoms with Crippen LogP contribution in [0.1, 0.15) is 74.1 Å². The lowest BCUT2D eigenvalue weighted by molar-refractivity contribution is -0.146. The summed E-state index contributed by atoms with van der Waals surface area (Å²) in [4.78, 5) is 85.7. The second-order valence-electron chi connectivity index (χ2n) is 17.5. The van der Waals surface area contributed by atoms with Gasteiger partial charge in [-0.05, 0) is 83.9 Å². The Kier molecular flexibility index (Phi) is 15.5. The van der Waals surface area contributed by atoms with Gasteiger partial charge >= 0.3 is 12.1 Å². The van der Waals surface area contributed by atoms with E-state index in [1.54, 1.807) is 13.8 Å². The van der Waals surface area contributed by atoms with Crippen LogP contribution in [0.5, 0.6) is 0 Å². The second-order valence-corrected chi connectivity index (χ2v) is 17.5. The predicted molar refractivity (Wildman–Crippen MR) is 250 cm³/mol. The van der Waals surface area contributed by atoms with Crippen molar-refractivity contribution in [3.63, 3.8) is 0 Å². The number of rotatable bonds is 20. The van der Waals surface area contributed by atoms with Crippen molar-refractivity contribution in [3.8, 4) is 11.1 Å². The predicted octanol–water partition coefficient (Wildman–Crippen LogP) is 5.18. The van der Waals surface area contributed by atoms with Crippen LogP contribution in [0, 0.1) is 5.92 Å². The van der Waals surface area contributed by atoms with Crippen molar-refractivity contribution in [1.82, 2.24) is 31.2 Å². The van der Waals surface area contributed by atoms with Crippen LogP contribution in [0.3, 0.4) is 0 Å². The molecule has 66 heavy (non-hydrogen) atoms. The standard InChI is InChI=1S/C51H59N7O8/c1-31(2)45(50(63)64)57-48(61)44-24-14-26-58(44)49(62)42(23-12-13-25-53-51(65)66-30-39-37-20-8-6-18-35(37)36-19-7-9-21-38(36)39)55-47(60)43(27-32-15-4-3-5-16-32)56-46(59)40(52)28-33-29-54-41-22-11-10-17-34(33)41/h3-11,15-22,29,31,39-40,42-45,54H,12-14,23-28,30,52H2,1-2H3,(H,53,65)(H,55,60)(H,56,59)(H,57,61)(H,63,64)/t40-,42-,43-,44-,45-/m0/s1. The van der Waals surface area contributed by atoms with Crippen molar-refractivity contribution in [3.05, 3.63) is 132 Å². The van der Waals surface area contributed by atoms with Crippen LogP contribution in [0.4, 0.5) is 4.79 Å². The molecule has 8 N–H and O–H groups in total. The first-order valence-corrected chi connectivity index (χ1v) is 22.8. The van der Waals surface area contributed by atoms with E-state index in [0.29, 0.717) is 25.7 Å². The summed E-state index contributed by atoms with van der Waals surface area (Å²) in [6.45, 7) is 3.98. The lowest BCUT2D eigenvalue weighted by Gasteiger charge is -2.31. The summed E-state index contributed by atoms with van der Waals surface area (Å²) in [6, 6.07) is 27.6. The second kappa shape index (κ2) is 21.8. The Labute approximate surface area is 384 Å². The van der Waals surface area contributed by atoms with Crippen LogP contribution in [0.15, 0.2) is 109 Å². The van der Waals surface area contributed by atoms with E-state index in [1.165, 1.54) is 4.90 Å². The molecule has 1 aliphatic carbocycles. The zero-order valence-corrected chi connectivity index (χ0v) is 37.3. The number of fused-ring (bicyclic) bond motifs is 4. The number of likely N-dealkylation sites (tertiary alicyclic amines) is 1. The fourth-order valence-electron chi connectivity index (χ4n) is 9.08. The van der Waals surface area contributed by atoms with Gasteiger partial charge in [0.05, 0.1) is 6.04 Å².